The van der Waals surface area contributed by atoms with E-state index in [1.807, 2.05) is 0 Å². The molecule has 0 aliphatic heterocycles. The number of ether oxygens (including phenoxy) is 1. The first kappa shape index (κ1) is 14.3. The molecule has 0 bridgehead atoms. The van der Waals surface area contributed by atoms with Gasteiger partial charge in [0.25, 0.3) is 0 Å². The molecule has 18 heavy (non-hydrogen) atoms. The fourth-order valence-corrected chi connectivity index (χ4v) is 1.28. The van der Waals surface area contributed by atoms with E-state index in [1.54, 1.807) is 24.3 Å². The van der Waals surface area contributed by atoms with Crippen molar-refractivity contribution in [2.45, 2.75) is 25.4 Å². The van der Waals surface area contributed by atoms with E-state index < -0.39 is 25.2 Å². The average molecular weight is 261 g/mol. The summed E-state index contributed by atoms with van der Waals surface area (Å²) < 4.78 is 39.9. The number of carbonyl (C=O) groups excluding carboxylic acids is 1. The molecule has 1 rings (SSSR count). The maximum Gasteiger partial charge on any atom is 0.392 e. The first-order valence-corrected chi connectivity index (χ1v) is 5.43. The number of aryl methyl sites for hydroxylation is 1. The minimum atomic E-state index is -4.29. The molecule has 0 saturated heterocycles. The SMILES string of the molecule is Nc1ccc(CCC(=O)OCCC(F)(F)F)cc1. The van der Waals surface area contributed by atoms with E-state index in [9.17, 15) is 18.0 Å². The van der Waals surface area contributed by atoms with Crippen LogP contribution in [-0.4, -0.2) is 18.8 Å². The molecule has 0 heterocycles. The molecule has 1 aromatic rings. The Balaban J connectivity index is 2.23. The van der Waals surface area contributed by atoms with Gasteiger partial charge < -0.3 is 10.5 Å². The Morgan fingerprint density at radius 3 is 2.39 bits per heavy atom. The van der Waals surface area contributed by atoms with Crippen LogP contribution in [0.15, 0.2) is 24.3 Å². The molecule has 100 valence electrons. The van der Waals surface area contributed by atoms with Crippen LogP contribution in [0.4, 0.5) is 18.9 Å². The largest absolute Gasteiger partial charge is 0.465 e. The van der Waals surface area contributed by atoms with Crippen LogP contribution in [0.1, 0.15) is 18.4 Å². The number of hydrogen-bond acceptors (Lipinski definition) is 3. The van der Waals surface area contributed by atoms with Gasteiger partial charge in [-0.15, -0.1) is 0 Å². The third kappa shape index (κ3) is 6.12. The highest BCUT2D eigenvalue weighted by molar-refractivity contribution is 5.69. The van der Waals surface area contributed by atoms with Gasteiger partial charge in [-0.05, 0) is 24.1 Å². The van der Waals surface area contributed by atoms with Gasteiger partial charge in [-0.3, -0.25) is 4.79 Å². The zero-order chi connectivity index (χ0) is 13.6. The Morgan fingerprint density at radius 1 is 1.22 bits per heavy atom. The van der Waals surface area contributed by atoms with Crippen LogP contribution in [0.25, 0.3) is 0 Å². The fraction of sp³-hybridized carbons (Fsp3) is 0.417. The van der Waals surface area contributed by atoms with Crippen LogP contribution in [0.5, 0.6) is 0 Å². The second-order valence-electron chi connectivity index (χ2n) is 3.83. The lowest BCUT2D eigenvalue weighted by molar-refractivity contribution is -0.158. The van der Waals surface area contributed by atoms with Crippen LogP contribution in [0.3, 0.4) is 0 Å². The Hall–Kier alpha value is -1.72. The molecule has 0 spiro atoms. The van der Waals surface area contributed by atoms with Gasteiger partial charge in [0.1, 0.15) is 0 Å². The summed E-state index contributed by atoms with van der Waals surface area (Å²) in [6.07, 6.45) is -4.93. The number of rotatable bonds is 5. The minimum absolute atomic E-state index is 0.0573. The molecule has 0 amide bonds. The Kier molecular flexibility index (Phi) is 5.00. The number of hydrogen-bond donors (Lipinski definition) is 1. The third-order valence-electron chi connectivity index (χ3n) is 2.25. The van der Waals surface area contributed by atoms with Crippen molar-refractivity contribution in [3.05, 3.63) is 29.8 Å². The monoisotopic (exact) mass is 261 g/mol. The quantitative estimate of drug-likeness (QED) is 0.655. The van der Waals surface area contributed by atoms with Crippen LogP contribution in [-0.2, 0) is 16.0 Å². The van der Waals surface area contributed by atoms with Gasteiger partial charge in [-0.25, -0.2) is 0 Å². The van der Waals surface area contributed by atoms with E-state index in [0.29, 0.717) is 12.1 Å². The molecule has 6 heteroatoms. The molecule has 0 aliphatic rings. The Labute approximate surface area is 103 Å². The number of benzene rings is 1. The van der Waals surface area contributed by atoms with E-state index >= 15 is 0 Å². The highest BCUT2D eigenvalue weighted by atomic mass is 19.4. The number of nitrogen functional groups attached to an aromatic ring is 1. The van der Waals surface area contributed by atoms with Crippen LogP contribution < -0.4 is 5.73 Å². The van der Waals surface area contributed by atoms with E-state index in [0.717, 1.165) is 5.56 Å². The van der Waals surface area contributed by atoms with Crippen molar-refractivity contribution >= 4 is 11.7 Å². The number of alkyl halides is 3. The summed E-state index contributed by atoms with van der Waals surface area (Å²) in [5, 5.41) is 0. The van der Waals surface area contributed by atoms with Crippen molar-refractivity contribution in [1.82, 2.24) is 0 Å². The van der Waals surface area contributed by atoms with E-state index in [1.165, 1.54) is 0 Å². The summed E-state index contributed by atoms with van der Waals surface area (Å²) in [6, 6.07) is 6.92. The molecule has 1 aromatic carbocycles. The van der Waals surface area contributed by atoms with Crippen molar-refractivity contribution in [1.29, 1.82) is 0 Å². The molecule has 3 nitrogen and oxygen atoms in total. The molecule has 0 aromatic heterocycles. The lowest BCUT2D eigenvalue weighted by Crippen LogP contribution is -2.14. The zero-order valence-electron chi connectivity index (χ0n) is 9.67. The normalized spacial score (nSPS) is 11.3. The molecule has 0 aliphatic carbocycles. The standard InChI is InChI=1S/C12H14F3NO2/c13-12(14,15)7-8-18-11(17)6-3-9-1-4-10(16)5-2-9/h1-2,4-5H,3,6-8,16H2. The second-order valence-corrected chi connectivity index (χ2v) is 3.83. The number of carbonyl (C=O) groups is 1. The Bertz CT molecular complexity index is 387. The van der Waals surface area contributed by atoms with E-state index in [4.69, 9.17) is 5.73 Å². The second kappa shape index (κ2) is 6.28. The summed E-state index contributed by atoms with van der Waals surface area (Å²) in [7, 11) is 0. The highest BCUT2D eigenvalue weighted by Crippen LogP contribution is 2.19. The maximum atomic E-state index is 11.8. The van der Waals surface area contributed by atoms with Gasteiger partial charge in [0.05, 0.1) is 13.0 Å². The average Bonchev–Trinajstić information content (AvgIpc) is 2.26. The van der Waals surface area contributed by atoms with Crippen molar-refractivity contribution in [2.24, 2.45) is 0 Å². The van der Waals surface area contributed by atoms with Crippen molar-refractivity contribution < 1.29 is 22.7 Å². The first-order valence-electron chi connectivity index (χ1n) is 5.43. The highest BCUT2D eigenvalue weighted by Gasteiger charge is 2.27. The Morgan fingerprint density at radius 2 is 1.83 bits per heavy atom. The molecule has 0 saturated carbocycles. The van der Waals surface area contributed by atoms with Crippen molar-refractivity contribution in [2.75, 3.05) is 12.3 Å². The number of anilines is 1. The third-order valence-corrected chi connectivity index (χ3v) is 2.25. The smallest absolute Gasteiger partial charge is 0.392 e. The first-order chi connectivity index (χ1) is 8.37. The van der Waals surface area contributed by atoms with E-state index in [-0.39, 0.29) is 6.42 Å². The number of nitrogens with two attached hydrogens (primary N) is 1. The molecule has 0 radical (unpaired) electrons. The predicted octanol–water partition coefficient (Wildman–Crippen LogP) is 2.70. The maximum absolute atomic E-state index is 11.8. The molecule has 0 fully saturated rings. The molecule has 0 unspecified atom stereocenters. The predicted molar refractivity (Wildman–Crippen MR) is 60.8 cm³/mol. The van der Waals surface area contributed by atoms with Gasteiger partial charge in [0, 0.05) is 12.1 Å². The fourth-order valence-electron chi connectivity index (χ4n) is 1.28. The zero-order valence-corrected chi connectivity index (χ0v) is 9.67. The summed E-state index contributed by atoms with van der Waals surface area (Å²) in [4.78, 5) is 11.2. The van der Waals surface area contributed by atoms with Gasteiger partial charge in [-0.1, -0.05) is 12.1 Å². The van der Waals surface area contributed by atoms with Gasteiger partial charge in [0.15, 0.2) is 0 Å². The van der Waals surface area contributed by atoms with Crippen LogP contribution >= 0.6 is 0 Å². The molecule has 0 atom stereocenters. The number of halogens is 3. The van der Waals surface area contributed by atoms with Gasteiger partial charge in [-0.2, -0.15) is 13.2 Å². The number of esters is 1. The van der Waals surface area contributed by atoms with Crippen molar-refractivity contribution in [3.8, 4) is 0 Å². The summed E-state index contributed by atoms with van der Waals surface area (Å²) in [5.74, 6) is -0.629. The lowest BCUT2D eigenvalue weighted by atomic mass is 10.1. The van der Waals surface area contributed by atoms with Crippen LogP contribution in [0, 0.1) is 0 Å². The molecule has 2 N–H and O–H groups in total. The summed E-state index contributed by atoms with van der Waals surface area (Å²) in [6.45, 7) is -0.621. The summed E-state index contributed by atoms with van der Waals surface area (Å²) >= 11 is 0. The van der Waals surface area contributed by atoms with Crippen molar-refractivity contribution in [3.63, 3.8) is 0 Å². The van der Waals surface area contributed by atoms with Gasteiger partial charge in [0.2, 0.25) is 0 Å². The molecular weight excluding hydrogens is 247 g/mol. The minimum Gasteiger partial charge on any atom is -0.465 e. The topological polar surface area (TPSA) is 52.3 Å². The lowest BCUT2D eigenvalue weighted by Gasteiger charge is -2.07. The van der Waals surface area contributed by atoms with Gasteiger partial charge >= 0.3 is 12.1 Å². The van der Waals surface area contributed by atoms with Crippen LogP contribution in [0.2, 0.25) is 0 Å². The summed E-state index contributed by atoms with van der Waals surface area (Å²) in [5.41, 5.74) is 6.99. The molecular formula is C12H14F3NO2. The van der Waals surface area contributed by atoms with E-state index in [2.05, 4.69) is 4.74 Å².